The average Bonchev–Trinajstić information content (AvgIpc) is 2.25. The van der Waals surface area contributed by atoms with Gasteiger partial charge in [0.1, 0.15) is 0 Å². The second-order valence-electron chi connectivity index (χ2n) is 4.66. The van der Waals surface area contributed by atoms with Crippen molar-refractivity contribution >= 4 is 15.9 Å². The number of rotatable bonds is 10. The van der Waals surface area contributed by atoms with Crippen molar-refractivity contribution in [3.63, 3.8) is 0 Å². The normalized spacial score (nSPS) is 12.0. The second kappa shape index (κ2) is 10.5. The lowest BCUT2D eigenvalue weighted by Gasteiger charge is -2.29. The topological polar surface area (TPSA) is 12.5 Å². The van der Waals surface area contributed by atoms with E-state index in [9.17, 15) is 0 Å². The van der Waals surface area contributed by atoms with E-state index in [1.54, 1.807) is 0 Å². The Morgan fingerprint density at radius 2 is 1.75 bits per heavy atom. The fraction of sp³-hybridized carbons (Fsp3) is 1.00. The molecule has 0 atom stereocenters. The summed E-state index contributed by atoms with van der Waals surface area (Å²) in [4.78, 5) is 2.54. The zero-order chi connectivity index (χ0) is 12.4. The molecule has 0 unspecified atom stereocenters. The summed E-state index contributed by atoms with van der Waals surface area (Å²) in [6, 6.07) is 0.709. The molecule has 0 aliphatic carbocycles. The highest BCUT2D eigenvalue weighted by Gasteiger charge is 2.13. The average molecular weight is 294 g/mol. The van der Waals surface area contributed by atoms with E-state index in [2.05, 4.69) is 48.5 Å². The van der Waals surface area contributed by atoms with Crippen molar-refractivity contribution < 1.29 is 4.74 Å². The van der Waals surface area contributed by atoms with E-state index in [0.29, 0.717) is 12.0 Å². The van der Waals surface area contributed by atoms with Crippen molar-refractivity contribution in [2.45, 2.75) is 46.6 Å². The van der Waals surface area contributed by atoms with E-state index in [1.165, 1.54) is 12.8 Å². The molecule has 0 aromatic carbocycles. The van der Waals surface area contributed by atoms with Crippen molar-refractivity contribution in [1.82, 2.24) is 4.90 Å². The molecule has 0 saturated carbocycles. The molecule has 0 radical (unpaired) electrons. The van der Waals surface area contributed by atoms with Crippen LogP contribution in [-0.4, -0.2) is 42.6 Å². The van der Waals surface area contributed by atoms with Gasteiger partial charge >= 0.3 is 0 Å². The van der Waals surface area contributed by atoms with Crippen molar-refractivity contribution in [1.29, 1.82) is 0 Å². The number of ether oxygens (including phenoxy) is 1. The Balaban J connectivity index is 3.83. The summed E-state index contributed by atoms with van der Waals surface area (Å²) >= 11 is 3.53. The Morgan fingerprint density at radius 1 is 1.12 bits per heavy atom. The maximum atomic E-state index is 5.65. The first kappa shape index (κ1) is 16.4. The molecule has 98 valence electrons. The predicted octanol–water partition coefficient (Wildman–Crippen LogP) is 3.54. The number of nitrogens with zero attached hydrogens (tertiary/aromatic N) is 1. The highest BCUT2D eigenvalue weighted by atomic mass is 79.9. The first-order chi connectivity index (χ1) is 7.65. The molecule has 0 spiro atoms. The molecular formula is C13H28BrNO. The Kier molecular flexibility index (Phi) is 10.8. The van der Waals surface area contributed by atoms with Crippen LogP contribution < -0.4 is 0 Å². The Hall–Kier alpha value is 0.400. The third kappa shape index (κ3) is 7.64. The summed E-state index contributed by atoms with van der Waals surface area (Å²) < 4.78 is 5.65. The summed E-state index contributed by atoms with van der Waals surface area (Å²) in [5.74, 6) is 0.637. The van der Waals surface area contributed by atoms with Crippen LogP contribution in [0.2, 0.25) is 0 Å². The summed E-state index contributed by atoms with van der Waals surface area (Å²) in [7, 11) is 0. The molecule has 0 amide bonds. The molecule has 0 fully saturated rings. The van der Waals surface area contributed by atoms with Gasteiger partial charge in [0.15, 0.2) is 0 Å². The van der Waals surface area contributed by atoms with E-state index in [0.717, 1.165) is 31.6 Å². The molecule has 3 heteroatoms. The van der Waals surface area contributed by atoms with Gasteiger partial charge < -0.3 is 4.74 Å². The van der Waals surface area contributed by atoms with Crippen molar-refractivity contribution in [3.8, 4) is 0 Å². The van der Waals surface area contributed by atoms with Gasteiger partial charge in [-0.2, -0.15) is 0 Å². The van der Waals surface area contributed by atoms with E-state index in [1.807, 2.05) is 0 Å². The zero-order valence-electron chi connectivity index (χ0n) is 11.3. The van der Waals surface area contributed by atoms with Crippen LogP contribution in [0.1, 0.15) is 40.5 Å². The van der Waals surface area contributed by atoms with Gasteiger partial charge in [-0.25, -0.2) is 0 Å². The third-order valence-corrected chi connectivity index (χ3v) is 3.16. The Labute approximate surface area is 110 Å². The standard InChI is InChI=1S/C13H28BrNO/c1-5-13(6-2)15(8-7-14)9-10-16-11-12(3)4/h12-13H,5-11H2,1-4H3. The first-order valence-corrected chi connectivity index (χ1v) is 7.65. The maximum absolute atomic E-state index is 5.65. The van der Waals surface area contributed by atoms with Crippen LogP contribution in [0.4, 0.5) is 0 Å². The van der Waals surface area contributed by atoms with Crippen LogP contribution >= 0.6 is 15.9 Å². The molecule has 2 nitrogen and oxygen atoms in total. The number of halogens is 1. The second-order valence-corrected chi connectivity index (χ2v) is 5.46. The molecular weight excluding hydrogens is 266 g/mol. The molecule has 0 aliphatic heterocycles. The number of hydrogen-bond donors (Lipinski definition) is 0. The van der Waals surface area contributed by atoms with Crippen LogP contribution in [0, 0.1) is 5.92 Å². The highest BCUT2D eigenvalue weighted by molar-refractivity contribution is 9.09. The van der Waals surface area contributed by atoms with Gasteiger partial charge in [0, 0.05) is 31.1 Å². The smallest absolute Gasteiger partial charge is 0.0593 e. The van der Waals surface area contributed by atoms with Gasteiger partial charge in [0.2, 0.25) is 0 Å². The van der Waals surface area contributed by atoms with Gasteiger partial charge in [-0.05, 0) is 18.8 Å². The highest BCUT2D eigenvalue weighted by Crippen LogP contribution is 2.08. The fourth-order valence-electron chi connectivity index (χ4n) is 1.89. The zero-order valence-corrected chi connectivity index (χ0v) is 12.9. The minimum absolute atomic E-state index is 0.637. The summed E-state index contributed by atoms with van der Waals surface area (Å²) in [6.45, 7) is 12.8. The lowest BCUT2D eigenvalue weighted by atomic mass is 10.1. The SMILES string of the molecule is CCC(CC)N(CCBr)CCOCC(C)C. The minimum atomic E-state index is 0.637. The van der Waals surface area contributed by atoms with Gasteiger partial charge in [0.05, 0.1) is 6.61 Å². The first-order valence-electron chi connectivity index (χ1n) is 6.53. The van der Waals surface area contributed by atoms with E-state index in [-0.39, 0.29) is 0 Å². The van der Waals surface area contributed by atoms with E-state index in [4.69, 9.17) is 4.74 Å². The molecule has 0 bridgehead atoms. The van der Waals surface area contributed by atoms with E-state index < -0.39 is 0 Å². The predicted molar refractivity (Wildman–Crippen MR) is 75.4 cm³/mol. The van der Waals surface area contributed by atoms with Crippen LogP contribution in [0.15, 0.2) is 0 Å². The summed E-state index contributed by atoms with van der Waals surface area (Å²) in [6.07, 6.45) is 2.46. The van der Waals surface area contributed by atoms with Crippen LogP contribution in [0.25, 0.3) is 0 Å². The number of alkyl halides is 1. The summed E-state index contributed by atoms with van der Waals surface area (Å²) in [5.41, 5.74) is 0. The molecule has 0 aromatic heterocycles. The molecule has 0 heterocycles. The van der Waals surface area contributed by atoms with Crippen molar-refractivity contribution in [2.24, 2.45) is 5.92 Å². The van der Waals surface area contributed by atoms with Crippen molar-refractivity contribution in [3.05, 3.63) is 0 Å². The molecule has 0 N–H and O–H groups in total. The molecule has 0 aliphatic rings. The molecule has 0 aromatic rings. The van der Waals surface area contributed by atoms with Crippen LogP contribution in [0.3, 0.4) is 0 Å². The van der Waals surface area contributed by atoms with Gasteiger partial charge in [-0.3, -0.25) is 4.90 Å². The summed E-state index contributed by atoms with van der Waals surface area (Å²) in [5, 5.41) is 1.05. The van der Waals surface area contributed by atoms with Gasteiger partial charge in [-0.15, -0.1) is 0 Å². The monoisotopic (exact) mass is 293 g/mol. The van der Waals surface area contributed by atoms with Crippen molar-refractivity contribution in [2.75, 3.05) is 31.6 Å². The number of hydrogen-bond acceptors (Lipinski definition) is 2. The van der Waals surface area contributed by atoms with Gasteiger partial charge in [-0.1, -0.05) is 43.6 Å². The van der Waals surface area contributed by atoms with Gasteiger partial charge in [0.25, 0.3) is 0 Å². The minimum Gasteiger partial charge on any atom is -0.380 e. The van der Waals surface area contributed by atoms with Crippen LogP contribution in [-0.2, 0) is 4.74 Å². The van der Waals surface area contributed by atoms with Crippen LogP contribution in [0.5, 0.6) is 0 Å². The lowest BCUT2D eigenvalue weighted by molar-refractivity contribution is 0.0727. The molecule has 16 heavy (non-hydrogen) atoms. The molecule has 0 saturated heterocycles. The lowest BCUT2D eigenvalue weighted by Crippen LogP contribution is -2.38. The third-order valence-electron chi connectivity index (χ3n) is 2.80. The quantitative estimate of drug-likeness (QED) is 0.451. The van der Waals surface area contributed by atoms with E-state index >= 15 is 0 Å². The largest absolute Gasteiger partial charge is 0.380 e. The fourth-order valence-corrected chi connectivity index (χ4v) is 2.35. The Bertz CT molecular complexity index is 149. The molecule has 0 rings (SSSR count). The maximum Gasteiger partial charge on any atom is 0.0593 e. The Morgan fingerprint density at radius 3 is 2.19 bits per heavy atom.